The van der Waals surface area contributed by atoms with E-state index in [1.807, 2.05) is 40.7 Å². The molecule has 3 heterocycles. The number of hydrogen-bond acceptors (Lipinski definition) is 5. The number of thiazole rings is 1. The second-order valence-electron chi connectivity index (χ2n) is 13.1. The number of nitrogens with zero attached hydrogens (tertiary/aromatic N) is 4. The van der Waals surface area contributed by atoms with E-state index in [9.17, 15) is 4.79 Å². The van der Waals surface area contributed by atoms with E-state index in [1.54, 1.807) is 18.4 Å². The lowest BCUT2D eigenvalue weighted by Crippen LogP contribution is -2.39. The number of para-hydroxylation sites is 2. The van der Waals surface area contributed by atoms with Crippen LogP contribution in [0.3, 0.4) is 0 Å². The SMILES string of the molecule is COc1c(C(C)(C)C)cc(-c2nc(C3CCN(C(=O)Cn4c(C)nc5ccccc54)CC3)cs2)cc1C(C)(C)C. The Morgan fingerprint density at radius 1 is 1.00 bits per heavy atom. The van der Waals surface area contributed by atoms with Crippen LogP contribution in [0.25, 0.3) is 21.6 Å². The first kappa shape index (κ1) is 28.3. The van der Waals surface area contributed by atoms with Crippen LogP contribution in [0.5, 0.6) is 5.75 Å². The van der Waals surface area contributed by atoms with E-state index in [0.29, 0.717) is 12.5 Å². The van der Waals surface area contributed by atoms with Gasteiger partial charge in [-0.2, -0.15) is 0 Å². The summed E-state index contributed by atoms with van der Waals surface area (Å²) in [7, 11) is 1.77. The summed E-state index contributed by atoms with van der Waals surface area (Å²) in [6, 6.07) is 12.5. The number of methoxy groups -OCH3 is 1. The standard InChI is InChI=1S/C33H42N4O2S/c1-21-34-26-11-9-10-12-28(26)37(21)19-29(38)36-15-13-22(14-16-36)27-20-40-31(35-27)23-17-24(32(2,3)4)30(39-8)25(18-23)33(5,6)7/h9-12,17-18,20,22H,13-16,19H2,1-8H3. The molecule has 0 atom stereocenters. The topological polar surface area (TPSA) is 60.2 Å². The fourth-order valence-corrected chi connectivity index (χ4v) is 6.64. The number of amides is 1. The maximum Gasteiger partial charge on any atom is 0.242 e. The highest BCUT2D eigenvalue weighted by molar-refractivity contribution is 7.13. The molecule has 1 saturated heterocycles. The van der Waals surface area contributed by atoms with Crippen molar-refractivity contribution in [1.82, 2.24) is 19.4 Å². The highest BCUT2D eigenvalue weighted by Crippen LogP contribution is 2.43. The lowest BCUT2D eigenvalue weighted by molar-refractivity contribution is -0.132. The van der Waals surface area contributed by atoms with Gasteiger partial charge in [0.2, 0.25) is 5.91 Å². The van der Waals surface area contributed by atoms with E-state index in [2.05, 4.69) is 64.0 Å². The van der Waals surface area contributed by atoms with Crippen LogP contribution in [0.4, 0.5) is 0 Å². The molecule has 0 aliphatic carbocycles. The van der Waals surface area contributed by atoms with Gasteiger partial charge in [0.25, 0.3) is 0 Å². The summed E-state index contributed by atoms with van der Waals surface area (Å²) in [5.74, 6) is 2.39. The van der Waals surface area contributed by atoms with Gasteiger partial charge in [0.15, 0.2) is 0 Å². The summed E-state index contributed by atoms with van der Waals surface area (Å²) in [5, 5.41) is 3.27. The molecule has 0 saturated carbocycles. The minimum atomic E-state index is -0.0532. The number of piperidine rings is 1. The van der Waals surface area contributed by atoms with Crippen LogP contribution in [-0.2, 0) is 22.2 Å². The normalized spacial score (nSPS) is 15.2. The summed E-state index contributed by atoms with van der Waals surface area (Å²) in [4.78, 5) is 25.0. The zero-order valence-corrected chi connectivity index (χ0v) is 26.0. The Balaban J connectivity index is 1.31. The number of benzene rings is 2. The van der Waals surface area contributed by atoms with Gasteiger partial charge in [-0.05, 0) is 54.9 Å². The Labute approximate surface area is 242 Å². The molecular formula is C33H42N4O2S. The van der Waals surface area contributed by atoms with Gasteiger partial charge in [0.1, 0.15) is 23.1 Å². The maximum atomic E-state index is 13.2. The molecule has 0 N–H and O–H groups in total. The van der Waals surface area contributed by atoms with Gasteiger partial charge < -0.3 is 14.2 Å². The van der Waals surface area contributed by atoms with Crippen molar-refractivity contribution in [1.29, 1.82) is 0 Å². The first-order chi connectivity index (χ1) is 18.9. The fourth-order valence-electron chi connectivity index (χ4n) is 5.75. The second kappa shape index (κ2) is 10.7. The Bertz CT molecular complexity index is 1490. The Morgan fingerprint density at radius 3 is 2.23 bits per heavy atom. The predicted octanol–water partition coefficient (Wildman–Crippen LogP) is 7.48. The van der Waals surface area contributed by atoms with Gasteiger partial charge >= 0.3 is 0 Å². The number of carbonyl (C=O) groups is 1. The Morgan fingerprint density at radius 2 is 1.62 bits per heavy atom. The Kier molecular flexibility index (Phi) is 7.55. The predicted molar refractivity (Wildman–Crippen MR) is 165 cm³/mol. The largest absolute Gasteiger partial charge is 0.496 e. The molecule has 0 spiro atoms. The molecule has 6 nitrogen and oxygen atoms in total. The van der Waals surface area contributed by atoms with E-state index >= 15 is 0 Å². The number of aryl methyl sites for hydroxylation is 1. The summed E-state index contributed by atoms with van der Waals surface area (Å²) in [5.41, 5.74) is 6.57. The first-order valence-corrected chi connectivity index (χ1v) is 15.1. The number of hydrogen-bond donors (Lipinski definition) is 0. The van der Waals surface area contributed by atoms with E-state index in [4.69, 9.17) is 9.72 Å². The molecule has 40 heavy (non-hydrogen) atoms. The summed E-state index contributed by atoms with van der Waals surface area (Å²) < 4.78 is 7.99. The lowest BCUT2D eigenvalue weighted by atomic mass is 9.78. The highest BCUT2D eigenvalue weighted by atomic mass is 32.1. The monoisotopic (exact) mass is 558 g/mol. The third-order valence-corrected chi connectivity index (χ3v) is 8.99. The number of likely N-dealkylation sites (tertiary alicyclic amines) is 1. The summed E-state index contributed by atoms with van der Waals surface area (Å²) in [6.45, 7) is 17.2. The van der Waals surface area contributed by atoms with Gasteiger partial charge in [-0.25, -0.2) is 9.97 Å². The minimum absolute atomic E-state index is 0.0532. The third-order valence-electron chi connectivity index (χ3n) is 8.08. The number of carbonyl (C=O) groups excluding carboxylic acids is 1. The quantitative estimate of drug-likeness (QED) is 0.255. The molecule has 1 fully saturated rings. The molecule has 5 rings (SSSR count). The van der Waals surface area contributed by atoms with Crippen LogP contribution in [-0.4, -0.2) is 45.5 Å². The molecule has 1 aliphatic heterocycles. The van der Waals surface area contributed by atoms with Crippen LogP contribution in [0.15, 0.2) is 41.8 Å². The van der Waals surface area contributed by atoms with Crippen molar-refractivity contribution in [2.75, 3.05) is 20.2 Å². The van der Waals surface area contributed by atoms with Crippen LogP contribution < -0.4 is 4.74 Å². The van der Waals surface area contributed by atoms with E-state index in [0.717, 1.165) is 64.8 Å². The molecule has 1 amide bonds. The second-order valence-corrected chi connectivity index (χ2v) is 13.9. The number of rotatable bonds is 5. The molecular weight excluding hydrogens is 516 g/mol. The van der Waals surface area contributed by atoms with Crippen molar-refractivity contribution in [3.63, 3.8) is 0 Å². The van der Waals surface area contributed by atoms with Gasteiger partial charge in [-0.15, -0.1) is 11.3 Å². The van der Waals surface area contributed by atoms with Crippen molar-refractivity contribution in [2.45, 2.75) is 84.6 Å². The average molecular weight is 559 g/mol. The first-order valence-electron chi connectivity index (χ1n) is 14.2. The number of aromatic nitrogens is 3. The molecule has 1 aliphatic rings. The molecule has 4 aromatic rings. The molecule has 2 aromatic carbocycles. The van der Waals surface area contributed by atoms with Gasteiger partial charge in [-0.3, -0.25) is 4.79 Å². The molecule has 7 heteroatoms. The van der Waals surface area contributed by atoms with Crippen LogP contribution in [0, 0.1) is 6.92 Å². The van der Waals surface area contributed by atoms with Crippen LogP contribution >= 0.6 is 11.3 Å². The van der Waals surface area contributed by atoms with Gasteiger partial charge in [-0.1, -0.05) is 53.7 Å². The van der Waals surface area contributed by atoms with Crippen LogP contribution in [0.2, 0.25) is 0 Å². The molecule has 0 bridgehead atoms. The number of imidazole rings is 1. The number of fused-ring (bicyclic) bond motifs is 1. The van der Waals surface area contributed by atoms with Gasteiger partial charge in [0.05, 0.1) is 23.8 Å². The third kappa shape index (κ3) is 5.53. The van der Waals surface area contributed by atoms with Crippen molar-refractivity contribution < 1.29 is 9.53 Å². The zero-order valence-electron chi connectivity index (χ0n) is 25.2. The molecule has 0 radical (unpaired) electrons. The average Bonchev–Trinajstić information content (AvgIpc) is 3.52. The van der Waals surface area contributed by atoms with Crippen molar-refractivity contribution in [2.24, 2.45) is 0 Å². The molecule has 2 aromatic heterocycles. The maximum absolute atomic E-state index is 13.2. The lowest BCUT2D eigenvalue weighted by Gasteiger charge is -2.31. The number of ether oxygens (including phenoxy) is 1. The Hall–Kier alpha value is -3.19. The van der Waals surface area contributed by atoms with Crippen LogP contribution in [0.1, 0.15) is 82.9 Å². The van der Waals surface area contributed by atoms with Crippen molar-refractivity contribution >= 4 is 28.3 Å². The highest BCUT2D eigenvalue weighted by Gasteiger charge is 2.30. The van der Waals surface area contributed by atoms with Crippen molar-refractivity contribution in [3.8, 4) is 16.3 Å². The van der Waals surface area contributed by atoms with Gasteiger partial charge in [0, 0.05) is 41.1 Å². The molecule has 212 valence electrons. The fraction of sp³-hybridized carbons (Fsp3) is 0.485. The van der Waals surface area contributed by atoms with Crippen molar-refractivity contribution in [3.05, 3.63) is 64.4 Å². The van der Waals surface area contributed by atoms with E-state index in [-0.39, 0.29) is 16.7 Å². The smallest absolute Gasteiger partial charge is 0.242 e. The summed E-state index contributed by atoms with van der Waals surface area (Å²) >= 11 is 1.72. The summed E-state index contributed by atoms with van der Waals surface area (Å²) in [6.07, 6.45) is 1.86. The van der Waals surface area contributed by atoms with E-state index in [1.165, 1.54) is 11.1 Å². The van der Waals surface area contributed by atoms with E-state index < -0.39 is 0 Å². The zero-order chi connectivity index (χ0) is 28.8. The minimum Gasteiger partial charge on any atom is -0.496 e. The molecule has 0 unspecified atom stereocenters.